The van der Waals surface area contributed by atoms with Crippen LogP contribution in [0.15, 0.2) is 121 Å². The van der Waals surface area contributed by atoms with Crippen LogP contribution >= 0.6 is 0 Å². The average molecular weight is 507 g/mol. The highest BCUT2D eigenvalue weighted by atomic mass is 15.2. The van der Waals surface area contributed by atoms with Crippen molar-refractivity contribution in [3.8, 4) is 28.7 Å². The van der Waals surface area contributed by atoms with Gasteiger partial charge in [0.15, 0.2) is 11.6 Å². The molecule has 0 saturated carbocycles. The second kappa shape index (κ2) is 7.59. The lowest BCUT2D eigenvalue weighted by atomic mass is 9.89. The van der Waals surface area contributed by atoms with Gasteiger partial charge in [-0.1, -0.05) is 109 Å². The van der Waals surface area contributed by atoms with Gasteiger partial charge in [0.2, 0.25) is 5.95 Å². The Morgan fingerprint density at radius 3 is 1.74 bits per heavy atom. The van der Waals surface area contributed by atoms with Crippen LogP contribution in [0.3, 0.4) is 0 Å². The van der Waals surface area contributed by atoms with E-state index in [0.717, 1.165) is 54.1 Å². The van der Waals surface area contributed by atoms with Crippen molar-refractivity contribution in [2.45, 2.75) is 0 Å². The van der Waals surface area contributed by atoms with Gasteiger partial charge in [-0.2, -0.15) is 9.97 Å². The summed E-state index contributed by atoms with van der Waals surface area (Å²) in [5, 5.41) is 8.27. The average Bonchev–Trinajstić information content (AvgIpc) is 3.46. The van der Waals surface area contributed by atoms with E-state index in [1.807, 2.05) is 30.3 Å². The molecule has 0 aliphatic heterocycles. The largest absolute Gasteiger partial charge is 0.278 e. The zero-order chi connectivity index (χ0) is 34.2. The zero-order valence-electron chi connectivity index (χ0n) is 30.1. The van der Waals surface area contributed by atoms with Gasteiger partial charge in [0, 0.05) is 27.3 Å². The number of hydrogen-bond donors (Lipinski definition) is 0. The van der Waals surface area contributed by atoms with Crippen molar-refractivity contribution in [1.29, 1.82) is 0 Å². The molecule has 0 atom stereocenters. The van der Waals surface area contributed by atoms with E-state index in [0.29, 0.717) is 0 Å². The lowest BCUT2D eigenvalue weighted by molar-refractivity contribution is 0.954. The minimum Gasteiger partial charge on any atom is -0.278 e. The Morgan fingerprint density at radius 1 is 0.487 bits per heavy atom. The molecule has 4 heteroatoms. The molecule has 0 bridgehead atoms. The van der Waals surface area contributed by atoms with Gasteiger partial charge in [-0.05, 0) is 39.1 Å². The molecule has 39 heavy (non-hydrogen) atoms. The standard InChI is InChI=1S/C35H20N4/c1-3-9-23(10-4-1)33-36-34(24-11-5-2-6-12-24)38-35(37-33)39-27-16-8-15-26-25-14-7-13-21-17-18-22-19-20-28(39)32(31(26)27)30(22)29(21)25/h1-20H/i1D,2D,3D,4D,5D,6D,9D,10D,11D,12D. The maximum absolute atomic E-state index is 8.68. The first-order chi connectivity index (χ1) is 23.5. The number of hydrogen-bond acceptors (Lipinski definition) is 3. The van der Waals surface area contributed by atoms with Gasteiger partial charge < -0.3 is 0 Å². The third-order valence-electron chi connectivity index (χ3n) is 7.34. The highest BCUT2D eigenvalue weighted by molar-refractivity contribution is 6.40. The maximum Gasteiger partial charge on any atom is 0.238 e. The molecule has 7 aromatic carbocycles. The van der Waals surface area contributed by atoms with Crippen molar-refractivity contribution < 1.29 is 13.7 Å². The lowest BCUT2D eigenvalue weighted by Gasteiger charge is -2.13. The predicted octanol–water partition coefficient (Wildman–Crippen LogP) is 8.64. The Hall–Kier alpha value is -5.35. The summed E-state index contributed by atoms with van der Waals surface area (Å²) < 4.78 is 85.9. The molecule has 0 N–H and O–H groups in total. The summed E-state index contributed by atoms with van der Waals surface area (Å²) in [6.45, 7) is 0. The van der Waals surface area contributed by atoms with E-state index >= 15 is 0 Å². The van der Waals surface area contributed by atoms with Crippen LogP contribution in [0.25, 0.3) is 82.8 Å². The molecule has 0 unspecified atom stereocenters. The van der Waals surface area contributed by atoms with Crippen molar-refractivity contribution in [3.05, 3.63) is 121 Å². The topological polar surface area (TPSA) is 43.6 Å². The molecule has 0 spiro atoms. The summed E-state index contributed by atoms with van der Waals surface area (Å²) in [5.74, 6) is -0.638. The SMILES string of the molecule is [2H]c1c([2H])c([2H])c(-c2nc(-c3c([2H])c([2H])c([2H])c([2H])c3[2H])nc(-n3c4cccc5c6cccc7ccc8ccc3c(c8c76)c54)n2)c([2H])c1[2H]. The van der Waals surface area contributed by atoms with Crippen LogP contribution < -0.4 is 0 Å². The Kier molecular flexibility index (Phi) is 2.62. The van der Waals surface area contributed by atoms with Crippen LogP contribution in [0.2, 0.25) is 0 Å². The third kappa shape index (κ3) is 2.80. The maximum atomic E-state index is 8.68. The Bertz CT molecular complexity index is 2760. The molecule has 2 heterocycles. The first kappa shape index (κ1) is 13.4. The summed E-state index contributed by atoms with van der Waals surface area (Å²) in [6, 6.07) is 14.4. The lowest BCUT2D eigenvalue weighted by Crippen LogP contribution is -2.06. The second-order valence-electron chi connectivity index (χ2n) is 9.34. The summed E-state index contributed by atoms with van der Waals surface area (Å²) in [6.07, 6.45) is 0. The van der Waals surface area contributed by atoms with Gasteiger partial charge in [-0.15, -0.1) is 0 Å². The minimum atomic E-state index is -0.594. The number of benzene rings is 7. The van der Waals surface area contributed by atoms with Crippen LogP contribution in [-0.2, 0) is 0 Å². The summed E-state index contributed by atoms with van der Waals surface area (Å²) >= 11 is 0. The minimum absolute atomic E-state index is 0.0201. The van der Waals surface area contributed by atoms with Gasteiger partial charge in [0.05, 0.1) is 24.7 Å². The fourth-order valence-electron chi connectivity index (χ4n) is 5.82. The monoisotopic (exact) mass is 506 g/mol. The fraction of sp³-hybridized carbons (Fsp3) is 0. The van der Waals surface area contributed by atoms with E-state index in [9.17, 15) is 0 Å². The van der Waals surface area contributed by atoms with E-state index in [4.69, 9.17) is 23.7 Å². The molecule has 0 amide bonds. The van der Waals surface area contributed by atoms with Crippen LogP contribution in [0, 0.1) is 0 Å². The molecule has 0 aliphatic carbocycles. The molecule has 0 saturated heterocycles. The van der Waals surface area contributed by atoms with Crippen molar-refractivity contribution >= 4 is 54.1 Å². The van der Waals surface area contributed by atoms with E-state index in [1.54, 1.807) is 4.57 Å². The second-order valence-corrected chi connectivity index (χ2v) is 9.34. The van der Waals surface area contributed by atoms with Gasteiger partial charge in [0.25, 0.3) is 0 Å². The third-order valence-corrected chi connectivity index (χ3v) is 7.34. The van der Waals surface area contributed by atoms with Crippen molar-refractivity contribution in [2.24, 2.45) is 0 Å². The van der Waals surface area contributed by atoms with E-state index in [1.165, 1.54) is 0 Å². The quantitative estimate of drug-likeness (QED) is 0.178. The molecule has 0 aliphatic rings. The molecule has 4 nitrogen and oxygen atoms in total. The first-order valence-electron chi connectivity index (χ1n) is 17.3. The Balaban J connectivity index is 1.47. The van der Waals surface area contributed by atoms with Crippen molar-refractivity contribution in [2.75, 3.05) is 0 Å². The molecule has 0 fully saturated rings. The highest BCUT2D eigenvalue weighted by Gasteiger charge is 2.23. The number of fused-ring (bicyclic) bond motifs is 1. The first-order valence-corrected chi connectivity index (χ1v) is 12.3. The van der Waals surface area contributed by atoms with Crippen LogP contribution in [0.5, 0.6) is 0 Å². The normalized spacial score (nSPS) is 15.7. The summed E-state index contributed by atoms with van der Waals surface area (Å²) in [4.78, 5) is 13.9. The fourth-order valence-corrected chi connectivity index (χ4v) is 5.82. The Labute approximate surface area is 237 Å². The molecule has 0 radical (unpaired) electrons. The molecular formula is C35H20N4. The smallest absolute Gasteiger partial charge is 0.238 e. The summed E-state index contributed by atoms with van der Waals surface area (Å²) in [7, 11) is 0. The van der Waals surface area contributed by atoms with Crippen molar-refractivity contribution in [3.63, 3.8) is 0 Å². The summed E-state index contributed by atoms with van der Waals surface area (Å²) in [5.41, 5.74) is 0.820. The van der Waals surface area contributed by atoms with Gasteiger partial charge in [-0.3, -0.25) is 4.57 Å². The predicted molar refractivity (Wildman–Crippen MR) is 160 cm³/mol. The Morgan fingerprint density at radius 2 is 1.05 bits per heavy atom. The van der Waals surface area contributed by atoms with Crippen LogP contribution in [-0.4, -0.2) is 19.5 Å². The van der Waals surface area contributed by atoms with Crippen LogP contribution in [0.4, 0.5) is 0 Å². The number of nitrogens with zero attached hydrogens (tertiary/aromatic N) is 4. The number of aromatic nitrogens is 4. The van der Waals surface area contributed by atoms with Crippen LogP contribution in [0.1, 0.15) is 13.7 Å². The van der Waals surface area contributed by atoms with E-state index in [-0.39, 0.29) is 28.7 Å². The van der Waals surface area contributed by atoms with Crippen molar-refractivity contribution in [1.82, 2.24) is 19.5 Å². The molecular weight excluding hydrogens is 476 g/mol. The molecule has 9 aromatic rings. The van der Waals surface area contributed by atoms with Gasteiger partial charge in [0.1, 0.15) is 0 Å². The van der Waals surface area contributed by atoms with E-state index in [2.05, 4.69) is 35.3 Å². The molecule has 9 rings (SSSR count). The number of rotatable bonds is 3. The molecule has 2 aromatic heterocycles. The zero-order valence-corrected chi connectivity index (χ0v) is 20.1. The van der Waals surface area contributed by atoms with E-state index < -0.39 is 60.4 Å². The van der Waals surface area contributed by atoms with Gasteiger partial charge >= 0.3 is 0 Å². The van der Waals surface area contributed by atoms with Gasteiger partial charge in [-0.25, -0.2) is 4.98 Å². The highest BCUT2D eigenvalue weighted by Crippen LogP contribution is 2.46. The molecule has 180 valence electrons.